The molecule has 16 heavy (non-hydrogen) atoms. The highest BCUT2D eigenvalue weighted by atomic mass is 32.2. The molecule has 5 heteroatoms. The Hall–Kier alpha value is -1.23. The van der Waals surface area contributed by atoms with Crippen molar-refractivity contribution in [3.63, 3.8) is 0 Å². The van der Waals surface area contributed by atoms with Gasteiger partial charge in [0.2, 0.25) is 0 Å². The van der Waals surface area contributed by atoms with Crippen LogP contribution in [0.5, 0.6) is 0 Å². The highest BCUT2D eigenvalue weighted by molar-refractivity contribution is 7.90. The minimum absolute atomic E-state index is 0.0464. The lowest BCUT2D eigenvalue weighted by atomic mass is 9.95. The van der Waals surface area contributed by atoms with E-state index in [0.717, 1.165) is 0 Å². The predicted molar refractivity (Wildman–Crippen MR) is 59.4 cm³/mol. The molecule has 86 valence electrons. The smallest absolute Gasteiger partial charge is 0.181 e. The van der Waals surface area contributed by atoms with Crippen LogP contribution in [0.3, 0.4) is 0 Å². The van der Waals surface area contributed by atoms with Crippen LogP contribution in [0.2, 0.25) is 0 Å². The zero-order valence-electron chi connectivity index (χ0n) is 9.28. The highest BCUT2D eigenvalue weighted by Gasteiger charge is 2.25. The number of hydrogen-bond acceptors (Lipinski definition) is 4. The molecule has 1 heterocycles. The van der Waals surface area contributed by atoms with Crippen molar-refractivity contribution in [3.8, 4) is 0 Å². The summed E-state index contributed by atoms with van der Waals surface area (Å²) in [6.07, 6.45) is 2.96. The van der Waals surface area contributed by atoms with Crippen LogP contribution in [0.25, 0.3) is 0 Å². The van der Waals surface area contributed by atoms with Crippen LogP contribution in [0.15, 0.2) is 11.0 Å². The number of carbonyl (C=O) groups excluding carboxylic acids is 1. The molecule has 0 unspecified atom stereocenters. The highest BCUT2D eigenvalue weighted by Crippen LogP contribution is 2.26. The van der Waals surface area contributed by atoms with Crippen molar-refractivity contribution in [1.29, 1.82) is 0 Å². The number of ketones is 1. The molecule has 0 amide bonds. The van der Waals surface area contributed by atoms with Crippen LogP contribution < -0.4 is 0 Å². The van der Waals surface area contributed by atoms with E-state index in [9.17, 15) is 13.2 Å². The molecule has 1 aliphatic carbocycles. The lowest BCUT2D eigenvalue weighted by Gasteiger charge is -2.17. The fourth-order valence-corrected chi connectivity index (χ4v) is 3.05. The number of fused-ring (bicyclic) bond motifs is 1. The van der Waals surface area contributed by atoms with Gasteiger partial charge in [-0.15, -0.1) is 0 Å². The van der Waals surface area contributed by atoms with E-state index in [1.54, 1.807) is 13.0 Å². The summed E-state index contributed by atoms with van der Waals surface area (Å²) >= 11 is 0. The monoisotopic (exact) mass is 239 g/mol. The molecule has 0 atom stereocenters. The van der Waals surface area contributed by atoms with E-state index >= 15 is 0 Å². The maximum absolute atomic E-state index is 11.7. The molecule has 0 aromatic carbocycles. The topological polar surface area (TPSA) is 64.1 Å². The fraction of sp³-hybridized carbons (Fsp3) is 0.455. The standard InChI is InChI=1S/C11H13NO3S/c1-7-6-10(16(2,14)15)8-4-3-5-9(13)11(8)12-7/h6H,3-5H2,1-2H3. The Kier molecular flexibility index (Phi) is 2.58. The maximum atomic E-state index is 11.7. The SMILES string of the molecule is Cc1cc(S(C)(=O)=O)c2c(n1)C(=O)CCC2. The third kappa shape index (κ3) is 1.87. The molecule has 0 radical (unpaired) electrons. The fourth-order valence-electron chi connectivity index (χ4n) is 2.02. The molecular weight excluding hydrogens is 226 g/mol. The second-order valence-corrected chi connectivity index (χ2v) is 6.12. The molecular formula is C11H13NO3S. The summed E-state index contributed by atoms with van der Waals surface area (Å²) in [7, 11) is -3.28. The Bertz CT molecular complexity index is 561. The van der Waals surface area contributed by atoms with Crippen LogP contribution >= 0.6 is 0 Å². The molecule has 0 bridgehead atoms. The molecule has 1 aromatic rings. The van der Waals surface area contributed by atoms with Crippen LogP contribution in [-0.2, 0) is 16.3 Å². The number of aromatic nitrogens is 1. The van der Waals surface area contributed by atoms with Gasteiger partial charge in [-0.2, -0.15) is 0 Å². The molecule has 1 aliphatic rings. The van der Waals surface area contributed by atoms with Crippen LogP contribution in [0.1, 0.15) is 34.6 Å². The number of pyridine rings is 1. The summed E-state index contributed by atoms with van der Waals surface area (Å²) in [6.45, 7) is 1.71. The number of rotatable bonds is 1. The van der Waals surface area contributed by atoms with Gasteiger partial charge in [-0.05, 0) is 25.8 Å². The van der Waals surface area contributed by atoms with E-state index in [2.05, 4.69) is 4.98 Å². The summed E-state index contributed by atoms with van der Waals surface area (Å²) in [4.78, 5) is 16.1. The Morgan fingerprint density at radius 3 is 2.62 bits per heavy atom. The molecule has 0 saturated carbocycles. The van der Waals surface area contributed by atoms with Crippen molar-refractivity contribution in [1.82, 2.24) is 4.98 Å². The quantitative estimate of drug-likeness (QED) is 0.741. The largest absolute Gasteiger partial charge is 0.292 e. The Balaban J connectivity index is 2.77. The molecule has 0 saturated heterocycles. The molecule has 0 fully saturated rings. The minimum atomic E-state index is -3.28. The van der Waals surface area contributed by atoms with Crippen molar-refractivity contribution < 1.29 is 13.2 Å². The van der Waals surface area contributed by atoms with Crippen molar-refractivity contribution in [2.75, 3.05) is 6.26 Å². The molecule has 2 rings (SSSR count). The first-order valence-electron chi connectivity index (χ1n) is 5.13. The van der Waals surface area contributed by atoms with Gasteiger partial charge in [0.25, 0.3) is 0 Å². The third-order valence-corrected chi connectivity index (χ3v) is 3.87. The van der Waals surface area contributed by atoms with E-state index < -0.39 is 9.84 Å². The van der Waals surface area contributed by atoms with Gasteiger partial charge >= 0.3 is 0 Å². The van der Waals surface area contributed by atoms with Crippen molar-refractivity contribution >= 4 is 15.6 Å². The molecule has 0 N–H and O–H groups in total. The molecule has 0 aliphatic heterocycles. The first-order valence-corrected chi connectivity index (χ1v) is 7.02. The van der Waals surface area contributed by atoms with Crippen molar-refractivity contribution in [3.05, 3.63) is 23.0 Å². The lowest BCUT2D eigenvalue weighted by molar-refractivity contribution is 0.0966. The average Bonchev–Trinajstić information content (AvgIpc) is 2.17. The first-order chi connectivity index (χ1) is 7.39. The summed E-state index contributed by atoms with van der Waals surface area (Å²) in [5.74, 6) is -0.0464. The summed E-state index contributed by atoms with van der Waals surface area (Å²) in [5, 5.41) is 0. The van der Waals surface area contributed by atoms with Gasteiger partial charge in [0.05, 0.1) is 4.90 Å². The number of sulfone groups is 1. The lowest BCUT2D eigenvalue weighted by Crippen LogP contribution is -2.17. The van der Waals surface area contributed by atoms with Gasteiger partial charge in [-0.3, -0.25) is 4.79 Å². The van der Waals surface area contributed by atoms with Crippen LogP contribution in [0, 0.1) is 6.92 Å². The van der Waals surface area contributed by atoms with Crippen LogP contribution in [0.4, 0.5) is 0 Å². The second-order valence-electron chi connectivity index (χ2n) is 4.14. The van der Waals surface area contributed by atoms with Gasteiger partial charge in [-0.1, -0.05) is 0 Å². The summed E-state index contributed by atoms with van der Waals surface area (Å²) in [5.41, 5.74) is 1.53. The molecule has 0 spiro atoms. The molecule has 1 aromatic heterocycles. The molecule has 4 nitrogen and oxygen atoms in total. The predicted octanol–water partition coefficient (Wildman–Crippen LogP) is 1.31. The number of Topliss-reactive ketones (excluding diaryl/α,β-unsaturated/α-hetero) is 1. The van der Waals surface area contributed by atoms with E-state index in [4.69, 9.17) is 0 Å². The van der Waals surface area contributed by atoms with E-state index in [0.29, 0.717) is 36.2 Å². The van der Waals surface area contributed by atoms with E-state index in [-0.39, 0.29) is 10.7 Å². The zero-order chi connectivity index (χ0) is 11.9. The Morgan fingerprint density at radius 1 is 1.31 bits per heavy atom. The average molecular weight is 239 g/mol. The third-order valence-electron chi connectivity index (χ3n) is 2.71. The van der Waals surface area contributed by atoms with E-state index in [1.165, 1.54) is 6.26 Å². The Morgan fingerprint density at radius 2 is 2.00 bits per heavy atom. The summed E-state index contributed by atoms with van der Waals surface area (Å²) < 4.78 is 23.2. The number of carbonyl (C=O) groups is 1. The van der Waals surface area contributed by atoms with Gasteiger partial charge in [-0.25, -0.2) is 13.4 Å². The normalized spacial score (nSPS) is 16.0. The summed E-state index contributed by atoms with van der Waals surface area (Å²) in [6, 6.07) is 1.55. The Labute approximate surface area is 94.6 Å². The minimum Gasteiger partial charge on any atom is -0.292 e. The second kappa shape index (κ2) is 3.66. The van der Waals surface area contributed by atoms with E-state index in [1.807, 2.05) is 0 Å². The van der Waals surface area contributed by atoms with Gasteiger partial charge in [0.1, 0.15) is 5.69 Å². The number of aryl methyl sites for hydroxylation is 1. The van der Waals surface area contributed by atoms with Crippen molar-refractivity contribution in [2.24, 2.45) is 0 Å². The zero-order valence-corrected chi connectivity index (χ0v) is 10.1. The maximum Gasteiger partial charge on any atom is 0.181 e. The number of hydrogen-bond donors (Lipinski definition) is 0. The van der Waals surface area contributed by atoms with Crippen molar-refractivity contribution in [2.45, 2.75) is 31.1 Å². The van der Waals surface area contributed by atoms with Gasteiger partial charge < -0.3 is 0 Å². The van der Waals surface area contributed by atoms with Crippen LogP contribution in [-0.4, -0.2) is 25.4 Å². The number of nitrogens with zero attached hydrogens (tertiary/aromatic N) is 1. The van der Waals surface area contributed by atoms with Gasteiger partial charge in [0.15, 0.2) is 15.6 Å². The van der Waals surface area contributed by atoms with Gasteiger partial charge in [0, 0.05) is 23.9 Å². The first kappa shape index (κ1) is 11.3.